The molecule has 1 aliphatic heterocycles. The molecule has 2 heterocycles. The number of rotatable bonds is 4. The maximum absolute atomic E-state index is 12.2. The number of carbonyl (C=O) groups is 1. The van der Waals surface area contributed by atoms with E-state index in [1.54, 1.807) is 6.20 Å². The molecule has 2 atom stereocenters. The molecule has 1 N–H and O–H groups in total. The van der Waals surface area contributed by atoms with Crippen molar-refractivity contribution in [1.29, 1.82) is 0 Å². The molecule has 0 saturated carbocycles. The van der Waals surface area contributed by atoms with Crippen molar-refractivity contribution >= 4 is 5.91 Å². The second-order valence-electron chi connectivity index (χ2n) is 5.80. The second-order valence-corrected chi connectivity index (χ2v) is 5.80. The van der Waals surface area contributed by atoms with Gasteiger partial charge in [-0.15, -0.1) is 0 Å². The molecule has 1 amide bonds. The molecule has 5 nitrogen and oxygen atoms in total. The lowest BCUT2D eigenvalue weighted by molar-refractivity contribution is -0.0186. The summed E-state index contributed by atoms with van der Waals surface area (Å²) in [6, 6.07) is 0.0711. The summed E-state index contributed by atoms with van der Waals surface area (Å²) in [4.78, 5) is 20.4. The Bertz CT molecular complexity index is 445. The molecule has 1 aliphatic rings. The molecule has 1 aromatic rings. The monoisotopic (exact) mass is 277 g/mol. The molecular formula is C15H23N3O2. The molecule has 0 bridgehead atoms. The molecule has 1 saturated heterocycles. The number of amides is 1. The Morgan fingerprint density at radius 1 is 1.45 bits per heavy atom. The zero-order valence-corrected chi connectivity index (χ0v) is 12.4. The molecule has 0 radical (unpaired) electrons. The van der Waals surface area contributed by atoms with Crippen LogP contribution in [0, 0.1) is 12.8 Å². The quantitative estimate of drug-likeness (QED) is 0.915. The van der Waals surface area contributed by atoms with Crippen molar-refractivity contribution in [2.45, 2.75) is 52.2 Å². The first-order chi connectivity index (χ1) is 9.56. The molecule has 5 heteroatoms. The van der Waals surface area contributed by atoms with Crippen molar-refractivity contribution in [1.82, 2.24) is 15.3 Å². The Labute approximate surface area is 120 Å². The van der Waals surface area contributed by atoms with Crippen LogP contribution in [-0.2, 0) is 4.74 Å². The molecule has 1 aromatic heterocycles. The fourth-order valence-electron chi connectivity index (χ4n) is 2.45. The normalized spacial score (nSPS) is 22.8. The summed E-state index contributed by atoms with van der Waals surface area (Å²) in [5.74, 6) is 0.387. The summed E-state index contributed by atoms with van der Waals surface area (Å²) in [5.41, 5.74) is 1.17. The van der Waals surface area contributed by atoms with Crippen LogP contribution in [0.1, 0.15) is 49.3 Å². The smallest absolute Gasteiger partial charge is 0.271 e. The van der Waals surface area contributed by atoms with E-state index in [9.17, 15) is 4.79 Å². The molecule has 0 aromatic carbocycles. The van der Waals surface area contributed by atoms with Gasteiger partial charge in [-0.3, -0.25) is 9.78 Å². The van der Waals surface area contributed by atoms with E-state index in [-0.39, 0.29) is 18.1 Å². The minimum absolute atomic E-state index is 0.0711. The van der Waals surface area contributed by atoms with Gasteiger partial charge in [0.2, 0.25) is 0 Å². The summed E-state index contributed by atoms with van der Waals surface area (Å²) >= 11 is 0. The first-order valence-electron chi connectivity index (χ1n) is 7.27. The molecular weight excluding hydrogens is 254 g/mol. The van der Waals surface area contributed by atoms with Gasteiger partial charge < -0.3 is 10.1 Å². The number of carbonyl (C=O) groups excluding carboxylic acids is 1. The maximum Gasteiger partial charge on any atom is 0.271 e. The number of aryl methyl sites for hydroxylation is 1. The Kier molecular flexibility index (Phi) is 5.06. The molecule has 0 spiro atoms. The summed E-state index contributed by atoms with van der Waals surface area (Å²) in [6.07, 6.45) is 6.14. The van der Waals surface area contributed by atoms with E-state index in [0.717, 1.165) is 31.6 Å². The van der Waals surface area contributed by atoms with Crippen molar-refractivity contribution in [2.24, 2.45) is 5.92 Å². The molecule has 110 valence electrons. The largest absolute Gasteiger partial charge is 0.376 e. The summed E-state index contributed by atoms with van der Waals surface area (Å²) in [5, 5.41) is 3.04. The fourth-order valence-corrected chi connectivity index (χ4v) is 2.45. The third kappa shape index (κ3) is 4.00. The Morgan fingerprint density at radius 2 is 2.25 bits per heavy atom. The Balaban J connectivity index is 1.99. The summed E-state index contributed by atoms with van der Waals surface area (Å²) < 4.78 is 5.81. The van der Waals surface area contributed by atoms with Gasteiger partial charge in [-0.2, -0.15) is 0 Å². The topological polar surface area (TPSA) is 64.1 Å². The van der Waals surface area contributed by atoms with Gasteiger partial charge in [-0.05, 0) is 32.1 Å². The van der Waals surface area contributed by atoms with Crippen LogP contribution in [0.4, 0.5) is 0 Å². The first-order valence-corrected chi connectivity index (χ1v) is 7.27. The van der Waals surface area contributed by atoms with Crippen LogP contribution < -0.4 is 5.32 Å². The van der Waals surface area contributed by atoms with E-state index in [4.69, 9.17) is 4.74 Å². The lowest BCUT2D eigenvalue weighted by Gasteiger charge is -2.33. The number of nitrogens with one attached hydrogen (secondary N) is 1. The number of ether oxygens (including phenoxy) is 1. The van der Waals surface area contributed by atoms with Gasteiger partial charge in [-0.1, -0.05) is 13.8 Å². The number of hydrogen-bond acceptors (Lipinski definition) is 4. The van der Waals surface area contributed by atoms with Gasteiger partial charge in [0.05, 0.1) is 24.0 Å². The maximum atomic E-state index is 12.2. The van der Waals surface area contributed by atoms with Gasteiger partial charge in [0, 0.05) is 12.8 Å². The van der Waals surface area contributed by atoms with Crippen molar-refractivity contribution < 1.29 is 9.53 Å². The van der Waals surface area contributed by atoms with Gasteiger partial charge in [0.1, 0.15) is 5.69 Å². The minimum Gasteiger partial charge on any atom is -0.376 e. The Morgan fingerprint density at radius 3 is 2.90 bits per heavy atom. The highest BCUT2D eigenvalue weighted by Crippen LogP contribution is 2.20. The summed E-state index contributed by atoms with van der Waals surface area (Å²) in [6.45, 7) is 6.97. The predicted octanol–water partition coefficient (Wildman–Crippen LogP) is 2.11. The molecule has 2 rings (SSSR count). The van der Waals surface area contributed by atoms with Crippen molar-refractivity contribution in [3.8, 4) is 0 Å². The van der Waals surface area contributed by atoms with Crippen molar-refractivity contribution in [3.63, 3.8) is 0 Å². The average molecular weight is 277 g/mol. The van der Waals surface area contributed by atoms with Crippen molar-refractivity contribution in [2.75, 3.05) is 6.61 Å². The standard InChI is InChI=1S/C15H23N3O2/c1-10(2)7-14-12(5-4-6-20-14)18-15(19)13-9-16-11(3)8-17-13/h8-10,12,14H,4-7H2,1-3H3,(H,18,19). The average Bonchev–Trinajstić information content (AvgIpc) is 2.41. The van der Waals surface area contributed by atoms with Crippen LogP contribution >= 0.6 is 0 Å². The van der Waals surface area contributed by atoms with Crippen LogP contribution in [-0.4, -0.2) is 34.6 Å². The van der Waals surface area contributed by atoms with E-state index in [1.165, 1.54) is 6.20 Å². The SMILES string of the molecule is Cc1cnc(C(=O)NC2CCCOC2CC(C)C)cn1. The van der Waals surface area contributed by atoms with E-state index in [2.05, 4.69) is 29.1 Å². The van der Waals surface area contributed by atoms with Gasteiger partial charge in [-0.25, -0.2) is 4.98 Å². The summed E-state index contributed by atoms with van der Waals surface area (Å²) in [7, 11) is 0. The van der Waals surface area contributed by atoms with Crippen LogP contribution in [0.15, 0.2) is 12.4 Å². The number of aromatic nitrogens is 2. The Hall–Kier alpha value is -1.49. The lowest BCUT2D eigenvalue weighted by atomic mass is 9.94. The fraction of sp³-hybridized carbons (Fsp3) is 0.667. The van der Waals surface area contributed by atoms with Crippen molar-refractivity contribution in [3.05, 3.63) is 23.8 Å². The second kappa shape index (κ2) is 6.79. The van der Waals surface area contributed by atoms with Gasteiger partial charge >= 0.3 is 0 Å². The van der Waals surface area contributed by atoms with E-state index in [0.29, 0.717) is 11.6 Å². The van der Waals surface area contributed by atoms with E-state index >= 15 is 0 Å². The van der Waals surface area contributed by atoms with Gasteiger partial charge in [0.25, 0.3) is 5.91 Å². The highest BCUT2D eigenvalue weighted by molar-refractivity contribution is 5.92. The van der Waals surface area contributed by atoms with E-state index < -0.39 is 0 Å². The molecule has 1 fully saturated rings. The third-order valence-corrected chi connectivity index (χ3v) is 3.47. The molecule has 0 aliphatic carbocycles. The highest BCUT2D eigenvalue weighted by Gasteiger charge is 2.28. The number of nitrogens with zero attached hydrogens (tertiary/aromatic N) is 2. The zero-order valence-electron chi connectivity index (χ0n) is 12.4. The van der Waals surface area contributed by atoms with E-state index in [1.807, 2.05) is 6.92 Å². The lowest BCUT2D eigenvalue weighted by Crippen LogP contribution is -2.47. The third-order valence-electron chi connectivity index (χ3n) is 3.47. The van der Waals surface area contributed by atoms with Crippen LogP contribution in [0.25, 0.3) is 0 Å². The van der Waals surface area contributed by atoms with Gasteiger partial charge in [0.15, 0.2) is 0 Å². The van der Waals surface area contributed by atoms with Crippen LogP contribution in [0.3, 0.4) is 0 Å². The molecule has 2 unspecified atom stereocenters. The number of hydrogen-bond donors (Lipinski definition) is 1. The van der Waals surface area contributed by atoms with Crippen LogP contribution in [0.2, 0.25) is 0 Å². The molecule has 20 heavy (non-hydrogen) atoms. The highest BCUT2D eigenvalue weighted by atomic mass is 16.5. The zero-order chi connectivity index (χ0) is 14.5. The van der Waals surface area contributed by atoms with Crippen LogP contribution in [0.5, 0.6) is 0 Å². The minimum atomic E-state index is -0.165. The predicted molar refractivity (Wildman–Crippen MR) is 76.5 cm³/mol. The first kappa shape index (κ1) is 14.9.